The summed E-state index contributed by atoms with van der Waals surface area (Å²) in [6.45, 7) is 43.9. The summed E-state index contributed by atoms with van der Waals surface area (Å²) in [5.74, 6) is 0. The van der Waals surface area contributed by atoms with Crippen molar-refractivity contribution in [2.45, 2.75) is 155 Å². The van der Waals surface area contributed by atoms with Crippen LogP contribution < -0.4 is 20.1 Å². The first-order valence-electron chi connectivity index (χ1n) is 14.8. The summed E-state index contributed by atoms with van der Waals surface area (Å²) in [7, 11) is -7.93. The van der Waals surface area contributed by atoms with Crippen molar-refractivity contribution in [3.8, 4) is 0 Å². The van der Waals surface area contributed by atoms with Crippen LogP contribution in [0.25, 0.3) is 0 Å². The maximum atomic E-state index is 6.45. The molecule has 224 valence electrons. The van der Waals surface area contributed by atoms with E-state index in [2.05, 4.69) is 149 Å². The van der Waals surface area contributed by atoms with Gasteiger partial charge in [0.05, 0.1) is 12.5 Å². The number of hydrogen-bond donors (Lipinski definition) is 2. The largest absolute Gasteiger partial charge is 0.473 e. The smallest absolute Gasteiger partial charge is 0.206 e. The SMILES string of the molecule is CC(C)(C)[Si](N[Si](c1ccco1)(C(C)(C)C)C(C)(C)C)(N[Si](c1ccco1)(C(C)(C)C)C(C)(C)C)C(C)(C)C. The van der Waals surface area contributed by atoms with Crippen molar-refractivity contribution in [3.05, 3.63) is 36.8 Å². The van der Waals surface area contributed by atoms with E-state index >= 15 is 0 Å². The van der Waals surface area contributed by atoms with Crippen molar-refractivity contribution in [2.24, 2.45) is 0 Å². The van der Waals surface area contributed by atoms with Crippen molar-refractivity contribution >= 4 is 35.6 Å². The zero-order chi connectivity index (χ0) is 30.7. The van der Waals surface area contributed by atoms with Gasteiger partial charge in [0.25, 0.3) is 0 Å². The lowest BCUT2D eigenvalue weighted by atomic mass is 10.2. The molecule has 0 unspecified atom stereocenters. The first-order chi connectivity index (χ1) is 17.1. The van der Waals surface area contributed by atoms with Crippen molar-refractivity contribution in [2.75, 3.05) is 0 Å². The van der Waals surface area contributed by atoms with Gasteiger partial charge in [-0.15, -0.1) is 0 Å². The molecule has 0 bridgehead atoms. The summed E-state index contributed by atoms with van der Waals surface area (Å²) in [6, 6.07) is 8.64. The van der Waals surface area contributed by atoms with E-state index in [1.165, 1.54) is 0 Å². The second-order valence-electron chi connectivity index (χ2n) is 18.0. The Labute approximate surface area is 244 Å². The number of hydrogen-bond acceptors (Lipinski definition) is 4. The topological polar surface area (TPSA) is 50.3 Å². The fourth-order valence-corrected chi connectivity index (χ4v) is 37.2. The lowest BCUT2D eigenvalue weighted by Crippen LogP contribution is -2.90. The van der Waals surface area contributed by atoms with Gasteiger partial charge in [-0.3, -0.25) is 0 Å². The first-order valence-corrected chi connectivity index (χ1v) is 20.8. The third kappa shape index (κ3) is 5.52. The van der Waals surface area contributed by atoms with Gasteiger partial charge in [0, 0.05) is 0 Å². The summed E-state index contributed by atoms with van der Waals surface area (Å²) in [4.78, 5) is 0. The van der Waals surface area contributed by atoms with Crippen LogP contribution in [0.5, 0.6) is 0 Å². The van der Waals surface area contributed by atoms with E-state index < -0.39 is 24.9 Å². The molecule has 7 heteroatoms. The lowest BCUT2D eigenvalue weighted by Gasteiger charge is -2.65. The average Bonchev–Trinajstić information content (AvgIpc) is 3.36. The normalized spacial score (nSPS) is 15.6. The highest BCUT2D eigenvalue weighted by Gasteiger charge is 2.70. The average molecular weight is 591 g/mol. The fraction of sp³-hybridized carbons (Fsp3) is 0.750. The van der Waals surface area contributed by atoms with Crippen LogP contribution in [0.4, 0.5) is 0 Å². The highest BCUT2D eigenvalue weighted by atomic mass is 28.4. The van der Waals surface area contributed by atoms with Gasteiger partial charge >= 0.3 is 0 Å². The molecular formula is C32H62N2O2Si3. The van der Waals surface area contributed by atoms with Crippen molar-refractivity contribution in [1.29, 1.82) is 0 Å². The van der Waals surface area contributed by atoms with Gasteiger partial charge < -0.3 is 18.1 Å². The van der Waals surface area contributed by atoms with Crippen molar-refractivity contribution < 1.29 is 8.83 Å². The number of rotatable bonds is 6. The highest BCUT2D eigenvalue weighted by Crippen LogP contribution is 2.58. The van der Waals surface area contributed by atoms with Gasteiger partial charge in [-0.05, 0) is 54.5 Å². The van der Waals surface area contributed by atoms with Crippen LogP contribution in [0.3, 0.4) is 0 Å². The van der Waals surface area contributed by atoms with Gasteiger partial charge in [0.1, 0.15) is 10.8 Å². The Morgan fingerprint density at radius 1 is 0.436 bits per heavy atom. The van der Waals surface area contributed by atoms with Crippen LogP contribution >= 0.6 is 0 Å². The minimum Gasteiger partial charge on any atom is -0.473 e. The van der Waals surface area contributed by atoms with E-state index in [4.69, 9.17) is 18.1 Å². The molecule has 0 aliphatic carbocycles. The first kappa shape index (κ1) is 34.3. The second-order valence-corrected chi connectivity index (χ2v) is 34.4. The third-order valence-corrected chi connectivity index (χ3v) is 30.8. The van der Waals surface area contributed by atoms with E-state index in [0.717, 1.165) is 10.8 Å². The van der Waals surface area contributed by atoms with Gasteiger partial charge in [-0.1, -0.05) is 125 Å². The van der Waals surface area contributed by atoms with Crippen LogP contribution in [0.15, 0.2) is 45.6 Å². The molecule has 0 spiro atoms. The summed E-state index contributed by atoms with van der Waals surface area (Å²) < 4.78 is 22.4. The molecule has 0 fully saturated rings. The van der Waals surface area contributed by atoms with Crippen LogP contribution in [0.2, 0.25) is 30.2 Å². The van der Waals surface area contributed by atoms with Crippen molar-refractivity contribution in [3.63, 3.8) is 0 Å². The Bertz CT molecular complexity index is 947. The molecular weight excluding hydrogens is 529 g/mol. The Morgan fingerprint density at radius 3 is 0.846 bits per heavy atom. The van der Waals surface area contributed by atoms with Gasteiger partial charge in [0.15, 0.2) is 8.40 Å². The monoisotopic (exact) mass is 590 g/mol. The van der Waals surface area contributed by atoms with E-state index in [9.17, 15) is 0 Å². The molecule has 2 N–H and O–H groups in total. The minimum absolute atomic E-state index is 0.0160. The quantitative estimate of drug-likeness (QED) is 0.329. The highest BCUT2D eigenvalue weighted by molar-refractivity contribution is 7.09. The molecule has 0 amide bonds. The molecule has 0 aliphatic rings. The molecule has 0 saturated heterocycles. The molecule has 0 aromatic carbocycles. The second kappa shape index (κ2) is 10.1. The standard InChI is InChI=1S/C32H62N2O2Si3/c1-27(2,3)37(28(4,5)6,25-21-19-23-35-25)33-39(31(13,14)15,32(16,17)18)34-38(29(7,8)9,30(10,11)12)26-22-20-24-36-26/h19-24,33-34H,1-18H3. The molecule has 0 atom stereocenters. The molecule has 0 saturated carbocycles. The van der Waals surface area contributed by atoms with E-state index in [-0.39, 0.29) is 30.2 Å². The number of nitrogens with one attached hydrogen (secondary N) is 2. The zero-order valence-corrected chi connectivity index (χ0v) is 31.8. The molecule has 2 aromatic rings. The summed E-state index contributed by atoms with van der Waals surface area (Å²) in [6.07, 6.45) is 3.74. The van der Waals surface area contributed by atoms with Gasteiger partial charge in [-0.2, -0.15) is 0 Å². The third-order valence-electron chi connectivity index (χ3n) is 9.28. The maximum Gasteiger partial charge on any atom is 0.206 e. The molecule has 2 heterocycles. The Morgan fingerprint density at radius 2 is 0.692 bits per heavy atom. The van der Waals surface area contributed by atoms with Crippen LogP contribution in [-0.4, -0.2) is 24.9 Å². The molecule has 0 aliphatic heterocycles. The van der Waals surface area contributed by atoms with E-state index in [0.29, 0.717) is 0 Å². The van der Waals surface area contributed by atoms with Gasteiger partial charge in [-0.25, -0.2) is 0 Å². The fourth-order valence-electron chi connectivity index (χ4n) is 8.05. The zero-order valence-electron chi connectivity index (χ0n) is 28.8. The molecule has 2 rings (SSSR count). The molecule has 0 radical (unpaired) electrons. The number of furan rings is 2. The minimum atomic E-state index is -2.72. The Hall–Kier alpha value is -0.869. The summed E-state index contributed by atoms with van der Waals surface area (Å²) in [5.41, 5.74) is 0. The predicted molar refractivity (Wildman–Crippen MR) is 179 cm³/mol. The van der Waals surface area contributed by atoms with Crippen LogP contribution in [-0.2, 0) is 0 Å². The van der Waals surface area contributed by atoms with E-state index in [1.54, 1.807) is 0 Å². The van der Waals surface area contributed by atoms with Crippen LogP contribution in [0, 0.1) is 0 Å². The Balaban J connectivity index is 3.17. The van der Waals surface area contributed by atoms with Gasteiger partial charge in [0.2, 0.25) is 16.5 Å². The van der Waals surface area contributed by atoms with E-state index in [1.807, 2.05) is 12.5 Å². The van der Waals surface area contributed by atoms with Crippen molar-refractivity contribution in [1.82, 2.24) is 9.30 Å². The summed E-state index contributed by atoms with van der Waals surface area (Å²) >= 11 is 0. The summed E-state index contributed by atoms with van der Waals surface area (Å²) in [5, 5.41) is 2.16. The lowest BCUT2D eigenvalue weighted by molar-refractivity contribution is 0.523. The Kier molecular flexibility index (Phi) is 8.93. The van der Waals surface area contributed by atoms with Crippen LogP contribution in [0.1, 0.15) is 125 Å². The molecule has 2 aromatic heterocycles. The molecule has 4 nitrogen and oxygen atoms in total. The maximum absolute atomic E-state index is 6.45. The molecule has 39 heavy (non-hydrogen) atoms. The predicted octanol–water partition coefficient (Wildman–Crippen LogP) is 9.30.